The molecule has 2 aromatic rings. The first kappa shape index (κ1) is 20.3. The van der Waals surface area contributed by atoms with Crippen molar-refractivity contribution >= 4 is 37.1 Å². The number of carbonyl (C=O) groups excluding carboxylic acids is 1. The summed E-state index contributed by atoms with van der Waals surface area (Å²) in [6.07, 6.45) is 0.306. The molecule has 0 saturated carbocycles. The molecule has 0 spiro atoms. The van der Waals surface area contributed by atoms with Crippen LogP contribution >= 0.6 is 0 Å². The second-order valence-corrected chi connectivity index (χ2v) is 10.9. The molecule has 1 amide bonds. The predicted octanol–water partition coefficient (Wildman–Crippen LogP) is 2.48. The molecule has 1 fully saturated rings. The van der Waals surface area contributed by atoms with Crippen molar-refractivity contribution in [3.63, 3.8) is 0 Å². The molecule has 3 rings (SSSR count). The number of nitrogens with one attached hydrogen (secondary N) is 2. The molecule has 2 aromatic carbocycles. The number of benzene rings is 2. The fourth-order valence-corrected chi connectivity index (χ4v) is 6.08. The van der Waals surface area contributed by atoms with Crippen LogP contribution in [0.15, 0.2) is 47.4 Å². The van der Waals surface area contributed by atoms with E-state index in [9.17, 15) is 21.6 Å². The van der Waals surface area contributed by atoms with Crippen LogP contribution in [0.25, 0.3) is 0 Å². The zero-order valence-electron chi connectivity index (χ0n) is 15.6. The van der Waals surface area contributed by atoms with Crippen LogP contribution in [0.3, 0.4) is 0 Å². The van der Waals surface area contributed by atoms with Crippen LogP contribution in [0, 0.1) is 19.8 Å². The van der Waals surface area contributed by atoms with Crippen molar-refractivity contribution in [2.75, 3.05) is 21.5 Å². The van der Waals surface area contributed by atoms with Crippen LogP contribution in [-0.4, -0.2) is 34.2 Å². The number of anilines is 2. The Labute approximate surface area is 165 Å². The minimum atomic E-state index is -3.78. The van der Waals surface area contributed by atoms with Crippen molar-refractivity contribution in [3.05, 3.63) is 53.6 Å². The van der Waals surface area contributed by atoms with Gasteiger partial charge in [-0.3, -0.25) is 9.52 Å². The van der Waals surface area contributed by atoms with Crippen molar-refractivity contribution in [1.82, 2.24) is 0 Å². The SMILES string of the molecule is Cc1cccc(C)c1NS(=O)(=O)c1ccc(NC(=O)C2CCS(=O)(=O)C2)cc1. The molecule has 0 bridgehead atoms. The first-order chi connectivity index (χ1) is 13.1. The van der Waals surface area contributed by atoms with E-state index in [0.717, 1.165) is 11.1 Å². The van der Waals surface area contributed by atoms with E-state index in [1.54, 1.807) is 0 Å². The number of aryl methyl sites for hydroxylation is 2. The molecular formula is C19H22N2O5S2. The second kappa shape index (κ2) is 7.56. The van der Waals surface area contributed by atoms with Gasteiger partial charge < -0.3 is 5.32 Å². The van der Waals surface area contributed by atoms with Crippen molar-refractivity contribution in [3.8, 4) is 0 Å². The van der Waals surface area contributed by atoms with Crippen LogP contribution in [0.4, 0.5) is 11.4 Å². The van der Waals surface area contributed by atoms with E-state index in [1.165, 1.54) is 24.3 Å². The molecule has 1 unspecified atom stereocenters. The van der Waals surface area contributed by atoms with Crippen molar-refractivity contribution in [1.29, 1.82) is 0 Å². The van der Waals surface area contributed by atoms with Gasteiger partial charge in [0.25, 0.3) is 10.0 Å². The molecule has 2 N–H and O–H groups in total. The number of rotatable bonds is 5. The molecule has 0 radical (unpaired) electrons. The summed E-state index contributed by atoms with van der Waals surface area (Å²) in [6, 6.07) is 11.3. The third kappa shape index (κ3) is 4.53. The van der Waals surface area contributed by atoms with Crippen LogP contribution in [-0.2, 0) is 24.7 Å². The van der Waals surface area contributed by atoms with E-state index in [0.29, 0.717) is 17.8 Å². The fraction of sp³-hybridized carbons (Fsp3) is 0.316. The second-order valence-electron chi connectivity index (χ2n) is 6.99. The van der Waals surface area contributed by atoms with Gasteiger partial charge in [0.15, 0.2) is 9.84 Å². The lowest BCUT2D eigenvalue weighted by Gasteiger charge is -2.14. The highest BCUT2D eigenvalue weighted by atomic mass is 32.2. The maximum atomic E-state index is 12.7. The molecule has 1 atom stereocenters. The minimum absolute atomic E-state index is 0.0201. The Kier molecular flexibility index (Phi) is 5.49. The van der Waals surface area contributed by atoms with Gasteiger partial charge in [0.05, 0.1) is 28.0 Å². The van der Waals surface area contributed by atoms with Gasteiger partial charge in [-0.1, -0.05) is 18.2 Å². The average Bonchev–Trinajstić information content (AvgIpc) is 2.99. The van der Waals surface area contributed by atoms with Gasteiger partial charge in [0.2, 0.25) is 5.91 Å². The average molecular weight is 423 g/mol. The molecule has 9 heteroatoms. The van der Waals surface area contributed by atoms with Crippen molar-refractivity contribution < 1.29 is 21.6 Å². The van der Waals surface area contributed by atoms with E-state index < -0.39 is 25.8 Å². The lowest BCUT2D eigenvalue weighted by atomic mass is 10.1. The molecular weight excluding hydrogens is 400 g/mol. The van der Waals surface area contributed by atoms with Gasteiger partial charge >= 0.3 is 0 Å². The molecule has 0 aliphatic carbocycles. The van der Waals surface area contributed by atoms with Gasteiger partial charge in [-0.2, -0.15) is 0 Å². The summed E-state index contributed by atoms with van der Waals surface area (Å²) in [5.74, 6) is -1.07. The molecule has 150 valence electrons. The summed E-state index contributed by atoms with van der Waals surface area (Å²) >= 11 is 0. The quantitative estimate of drug-likeness (QED) is 0.769. The Morgan fingerprint density at radius 3 is 2.18 bits per heavy atom. The Balaban J connectivity index is 1.72. The van der Waals surface area contributed by atoms with E-state index in [-0.39, 0.29) is 22.3 Å². The zero-order valence-corrected chi connectivity index (χ0v) is 17.2. The summed E-state index contributed by atoms with van der Waals surface area (Å²) in [5.41, 5.74) is 2.60. The summed E-state index contributed by atoms with van der Waals surface area (Å²) < 4.78 is 50.9. The van der Waals surface area contributed by atoms with Gasteiger partial charge in [-0.05, 0) is 55.7 Å². The third-order valence-corrected chi connectivity index (χ3v) is 7.89. The fourth-order valence-electron chi connectivity index (χ4n) is 3.13. The molecule has 28 heavy (non-hydrogen) atoms. The summed E-state index contributed by atoms with van der Waals surface area (Å²) in [7, 11) is -6.92. The van der Waals surface area contributed by atoms with Crippen molar-refractivity contribution in [2.24, 2.45) is 5.92 Å². The Morgan fingerprint density at radius 1 is 1.04 bits per heavy atom. The van der Waals surface area contributed by atoms with E-state index in [2.05, 4.69) is 10.0 Å². The molecule has 1 heterocycles. The topological polar surface area (TPSA) is 109 Å². The highest BCUT2D eigenvalue weighted by molar-refractivity contribution is 7.92. The number of hydrogen-bond acceptors (Lipinski definition) is 5. The van der Waals surface area contributed by atoms with Gasteiger partial charge in [-0.25, -0.2) is 16.8 Å². The van der Waals surface area contributed by atoms with E-state index in [1.807, 2.05) is 32.0 Å². The third-order valence-electron chi connectivity index (χ3n) is 4.75. The summed E-state index contributed by atoms with van der Waals surface area (Å²) in [4.78, 5) is 12.3. The minimum Gasteiger partial charge on any atom is -0.326 e. The number of para-hydroxylation sites is 1. The molecule has 1 aliphatic heterocycles. The number of hydrogen-bond donors (Lipinski definition) is 2. The molecule has 1 aliphatic rings. The van der Waals surface area contributed by atoms with Crippen molar-refractivity contribution in [2.45, 2.75) is 25.2 Å². The number of amides is 1. The summed E-state index contributed by atoms with van der Waals surface area (Å²) in [6.45, 7) is 3.65. The largest absolute Gasteiger partial charge is 0.326 e. The van der Waals surface area contributed by atoms with Crippen LogP contribution in [0.2, 0.25) is 0 Å². The lowest BCUT2D eigenvalue weighted by molar-refractivity contribution is -0.119. The molecule has 1 saturated heterocycles. The van der Waals surface area contributed by atoms with Gasteiger partial charge in [-0.15, -0.1) is 0 Å². The zero-order chi connectivity index (χ0) is 20.5. The predicted molar refractivity (Wildman–Crippen MR) is 109 cm³/mol. The standard InChI is InChI=1S/C19H22N2O5S2/c1-13-4-3-5-14(2)18(13)21-28(25,26)17-8-6-16(7-9-17)20-19(22)15-10-11-27(23,24)12-15/h3-9,15,21H,10-12H2,1-2H3,(H,20,22). The normalized spacial score (nSPS) is 18.6. The van der Waals surface area contributed by atoms with Crippen LogP contribution in [0.1, 0.15) is 17.5 Å². The monoisotopic (exact) mass is 422 g/mol. The lowest BCUT2D eigenvalue weighted by Crippen LogP contribution is -2.23. The Bertz CT molecular complexity index is 1090. The highest BCUT2D eigenvalue weighted by Crippen LogP contribution is 2.25. The maximum Gasteiger partial charge on any atom is 0.261 e. The summed E-state index contributed by atoms with van der Waals surface area (Å²) in [5, 5.41) is 2.65. The van der Waals surface area contributed by atoms with Crippen LogP contribution in [0.5, 0.6) is 0 Å². The van der Waals surface area contributed by atoms with E-state index >= 15 is 0 Å². The highest BCUT2D eigenvalue weighted by Gasteiger charge is 2.33. The Morgan fingerprint density at radius 2 is 1.64 bits per heavy atom. The number of carbonyl (C=O) groups is 1. The van der Waals surface area contributed by atoms with Gasteiger partial charge in [0.1, 0.15) is 0 Å². The maximum absolute atomic E-state index is 12.7. The Hall–Kier alpha value is -2.39. The number of sulfone groups is 1. The van der Waals surface area contributed by atoms with E-state index in [4.69, 9.17) is 0 Å². The smallest absolute Gasteiger partial charge is 0.261 e. The first-order valence-corrected chi connectivity index (χ1v) is 12.1. The van der Waals surface area contributed by atoms with Gasteiger partial charge in [0, 0.05) is 5.69 Å². The van der Waals surface area contributed by atoms with Crippen LogP contribution < -0.4 is 10.0 Å². The molecule has 7 nitrogen and oxygen atoms in total. The molecule has 0 aromatic heterocycles. The first-order valence-electron chi connectivity index (χ1n) is 8.78. The number of sulfonamides is 1.